The van der Waals surface area contributed by atoms with Gasteiger partial charge in [-0.05, 0) is 40.2 Å². The molecule has 162 valence electrons. The van der Waals surface area contributed by atoms with Crippen LogP contribution in [0.25, 0.3) is 0 Å². The van der Waals surface area contributed by atoms with E-state index < -0.39 is 11.6 Å². The van der Waals surface area contributed by atoms with Gasteiger partial charge in [0.15, 0.2) is 0 Å². The summed E-state index contributed by atoms with van der Waals surface area (Å²) in [7, 11) is 0. The zero-order valence-corrected chi connectivity index (χ0v) is 18.6. The molecule has 1 aromatic carbocycles. The van der Waals surface area contributed by atoms with Crippen molar-refractivity contribution in [2.24, 2.45) is 0 Å². The molecular formula is C24H32N2O4. The van der Waals surface area contributed by atoms with Crippen LogP contribution in [0.4, 0.5) is 0 Å². The van der Waals surface area contributed by atoms with Crippen LogP contribution in [0.3, 0.4) is 0 Å². The number of rotatable bonds is 6. The molecule has 0 bridgehead atoms. The Hall–Kier alpha value is -2.60. The van der Waals surface area contributed by atoms with Crippen molar-refractivity contribution in [2.75, 3.05) is 13.1 Å². The summed E-state index contributed by atoms with van der Waals surface area (Å²) < 4.78 is 11.3. The van der Waals surface area contributed by atoms with E-state index in [1.165, 1.54) is 5.56 Å². The molecule has 1 aromatic rings. The molecule has 0 aromatic heterocycles. The second kappa shape index (κ2) is 9.04. The second-order valence-electron chi connectivity index (χ2n) is 8.75. The first kappa shape index (κ1) is 22.1. The highest BCUT2D eigenvalue weighted by molar-refractivity contribution is 5.96. The summed E-state index contributed by atoms with van der Waals surface area (Å²) in [6, 6.07) is 10.3. The lowest BCUT2D eigenvalue weighted by atomic mass is 9.97. The Balaban J connectivity index is 1.63. The highest BCUT2D eigenvalue weighted by Crippen LogP contribution is 2.30. The number of ether oxygens (including phenoxy) is 2. The molecule has 0 amide bonds. The predicted octanol–water partition coefficient (Wildman–Crippen LogP) is 3.69. The van der Waals surface area contributed by atoms with Crippen LogP contribution in [-0.4, -0.2) is 41.6 Å². The van der Waals surface area contributed by atoms with Crippen molar-refractivity contribution in [1.29, 1.82) is 0 Å². The molecule has 3 rings (SSSR count). The van der Waals surface area contributed by atoms with Gasteiger partial charge in [-0.3, -0.25) is 4.90 Å². The highest BCUT2D eigenvalue weighted by Gasteiger charge is 2.39. The van der Waals surface area contributed by atoms with Gasteiger partial charge in [-0.2, -0.15) is 0 Å². The summed E-state index contributed by atoms with van der Waals surface area (Å²) >= 11 is 0. The first-order valence-electron chi connectivity index (χ1n) is 10.5. The molecule has 2 heterocycles. The number of carbonyl (C=O) groups excluding carboxylic acids is 2. The van der Waals surface area contributed by atoms with E-state index in [4.69, 9.17) is 9.47 Å². The average Bonchev–Trinajstić information content (AvgIpc) is 3.01. The third-order valence-electron chi connectivity index (χ3n) is 5.57. The predicted molar refractivity (Wildman–Crippen MR) is 115 cm³/mol. The fraction of sp³-hybridized carbons (Fsp3) is 0.500. The Morgan fingerprint density at radius 1 is 1.10 bits per heavy atom. The molecular weight excluding hydrogens is 380 g/mol. The van der Waals surface area contributed by atoms with Crippen LogP contribution in [0.15, 0.2) is 52.9 Å². The third kappa shape index (κ3) is 5.30. The number of dihydropyridines is 1. The van der Waals surface area contributed by atoms with Gasteiger partial charge in [-0.1, -0.05) is 30.3 Å². The molecule has 1 atom stereocenters. The van der Waals surface area contributed by atoms with E-state index in [1.807, 2.05) is 52.8 Å². The zero-order chi connectivity index (χ0) is 21.9. The number of nitrogens with zero attached hydrogens (tertiary/aromatic N) is 1. The number of likely N-dealkylation sites (tertiary alicyclic amines) is 1. The SMILES string of the molecule is CC1=C(C(=O)OC(C)C)CC(C(=O)O[C@]2(C)CCN(Cc3ccccc3)C2)=C(C)N1. The van der Waals surface area contributed by atoms with Gasteiger partial charge in [-0.15, -0.1) is 0 Å². The Morgan fingerprint density at radius 2 is 1.73 bits per heavy atom. The van der Waals surface area contributed by atoms with E-state index in [0.717, 1.165) is 30.9 Å². The summed E-state index contributed by atoms with van der Waals surface area (Å²) in [4.78, 5) is 27.7. The summed E-state index contributed by atoms with van der Waals surface area (Å²) in [5.74, 6) is -0.764. The van der Waals surface area contributed by atoms with Gasteiger partial charge < -0.3 is 14.8 Å². The van der Waals surface area contributed by atoms with E-state index in [0.29, 0.717) is 17.7 Å². The highest BCUT2D eigenvalue weighted by atomic mass is 16.6. The van der Waals surface area contributed by atoms with Crippen molar-refractivity contribution >= 4 is 11.9 Å². The molecule has 30 heavy (non-hydrogen) atoms. The van der Waals surface area contributed by atoms with Gasteiger partial charge in [0.25, 0.3) is 0 Å². The second-order valence-corrected chi connectivity index (χ2v) is 8.75. The normalized spacial score (nSPS) is 22.3. The monoisotopic (exact) mass is 412 g/mol. The largest absolute Gasteiger partial charge is 0.460 e. The van der Waals surface area contributed by atoms with Crippen LogP contribution in [0.1, 0.15) is 53.0 Å². The van der Waals surface area contributed by atoms with Crippen molar-refractivity contribution in [1.82, 2.24) is 10.2 Å². The number of nitrogens with one attached hydrogen (secondary N) is 1. The summed E-state index contributed by atoms with van der Waals surface area (Å²) in [6.07, 6.45) is 0.787. The Bertz CT molecular complexity index is 872. The lowest BCUT2D eigenvalue weighted by molar-refractivity contribution is -0.152. The van der Waals surface area contributed by atoms with Gasteiger partial charge in [0.05, 0.1) is 17.3 Å². The molecule has 6 nitrogen and oxygen atoms in total. The van der Waals surface area contributed by atoms with Crippen LogP contribution in [0.2, 0.25) is 0 Å². The first-order chi connectivity index (χ1) is 14.2. The van der Waals surface area contributed by atoms with Gasteiger partial charge in [0.1, 0.15) is 5.60 Å². The number of carbonyl (C=O) groups is 2. The minimum Gasteiger partial charge on any atom is -0.460 e. The number of esters is 2. The molecule has 0 spiro atoms. The van der Waals surface area contributed by atoms with Gasteiger partial charge in [0.2, 0.25) is 0 Å². The fourth-order valence-electron chi connectivity index (χ4n) is 3.98. The van der Waals surface area contributed by atoms with Crippen LogP contribution >= 0.6 is 0 Å². The van der Waals surface area contributed by atoms with Crippen molar-refractivity contribution in [3.63, 3.8) is 0 Å². The number of hydrogen-bond donors (Lipinski definition) is 1. The Labute approximate surface area is 178 Å². The van der Waals surface area contributed by atoms with Crippen molar-refractivity contribution in [3.05, 3.63) is 58.4 Å². The summed E-state index contributed by atoms with van der Waals surface area (Å²) in [6.45, 7) is 11.7. The average molecular weight is 413 g/mol. The molecule has 0 unspecified atom stereocenters. The van der Waals surface area contributed by atoms with E-state index in [9.17, 15) is 9.59 Å². The molecule has 2 aliphatic rings. The molecule has 2 aliphatic heterocycles. The lowest BCUT2D eigenvalue weighted by Gasteiger charge is -2.28. The molecule has 6 heteroatoms. The number of allylic oxidation sites excluding steroid dienone is 2. The maximum atomic E-state index is 13.0. The van der Waals surface area contributed by atoms with Gasteiger partial charge >= 0.3 is 11.9 Å². The van der Waals surface area contributed by atoms with Crippen molar-refractivity contribution < 1.29 is 19.1 Å². The quantitative estimate of drug-likeness (QED) is 0.719. The van der Waals surface area contributed by atoms with E-state index >= 15 is 0 Å². The standard InChI is InChI=1S/C24H32N2O4/c1-16(2)29-22(27)20-13-21(18(4)25-17(20)3)23(28)30-24(5)11-12-26(15-24)14-19-9-7-6-8-10-19/h6-10,16,25H,11-15H2,1-5H3/t24-/m1/s1. The molecule has 0 saturated carbocycles. The van der Waals surface area contributed by atoms with E-state index in [-0.39, 0.29) is 18.5 Å². The van der Waals surface area contributed by atoms with Crippen LogP contribution in [-0.2, 0) is 25.6 Å². The number of hydrogen-bond acceptors (Lipinski definition) is 6. The van der Waals surface area contributed by atoms with Crippen LogP contribution < -0.4 is 5.32 Å². The maximum Gasteiger partial charge on any atom is 0.336 e. The smallest absolute Gasteiger partial charge is 0.336 e. The minimum atomic E-state index is -0.548. The van der Waals surface area contributed by atoms with Crippen molar-refractivity contribution in [3.8, 4) is 0 Å². The summed E-state index contributed by atoms with van der Waals surface area (Å²) in [5.41, 5.74) is 3.10. The van der Waals surface area contributed by atoms with Crippen LogP contribution in [0.5, 0.6) is 0 Å². The fourth-order valence-corrected chi connectivity index (χ4v) is 3.98. The van der Waals surface area contributed by atoms with E-state index in [1.54, 1.807) is 0 Å². The third-order valence-corrected chi connectivity index (χ3v) is 5.57. The van der Waals surface area contributed by atoms with Crippen molar-refractivity contribution in [2.45, 2.75) is 65.7 Å². The molecule has 1 fully saturated rings. The Kier molecular flexibility index (Phi) is 6.66. The molecule has 1 saturated heterocycles. The minimum absolute atomic E-state index is 0.215. The summed E-state index contributed by atoms with van der Waals surface area (Å²) in [5, 5.41) is 3.14. The topological polar surface area (TPSA) is 67.9 Å². The molecule has 0 aliphatic carbocycles. The van der Waals surface area contributed by atoms with Crippen LogP contribution in [0, 0.1) is 0 Å². The Morgan fingerprint density at radius 3 is 2.37 bits per heavy atom. The van der Waals surface area contributed by atoms with Gasteiger partial charge in [0, 0.05) is 43.9 Å². The molecule has 1 N–H and O–H groups in total. The molecule has 0 radical (unpaired) electrons. The zero-order valence-electron chi connectivity index (χ0n) is 18.6. The van der Waals surface area contributed by atoms with E-state index in [2.05, 4.69) is 22.3 Å². The number of benzene rings is 1. The maximum absolute atomic E-state index is 13.0. The first-order valence-corrected chi connectivity index (χ1v) is 10.5. The lowest BCUT2D eigenvalue weighted by Crippen LogP contribution is -2.37. The van der Waals surface area contributed by atoms with Gasteiger partial charge in [-0.25, -0.2) is 9.59 Å².